The van der Waals surface area contributed by atoms with Crippen LogP contribution in [0.3, 0.4) is 0 Å². The molecule has 3 aromatic heterocycles. The van der Waals surface area contributed by atoms with E-state index in [9.17, 15) is 18.4 Å². The van der Waals surface area contributed by atoms with E-state index in [2.05, 4.69) is 20.3 Å². The van der Waals surface area contributed by atoms with Crippen LogP contribution in [0.5, 0.6) is 0 Å². The zero-order valence-electron chi connectivity index (χ0n) is 15.7. The number of rotatable bonds is 4. The number of pyridine rings is 1. The minimum Gasteiger partial charge on any atom is -0.348 e. The van der Waals surface area contributed by atoms with Crippen molar-refractivity contribution in [3.05, 3.63) is 77.7 Å². The topological polar surface area (TPSA) is 78.9 Å². The average molecular weight is 408 g/mol. The summed E-state index contributed by atoms with van der Waals surface area (Å²) in [6.07, 6.45) is -0.476. The minimum atomic E-state index is -4.55. The second kappa shape index (κ2) is 7.48. The number of hydrogen-bond donors (Lipinski definition) is 1. The molecule has 1 aromatic carbocycles. The molecular formula is C21H15F3N6. The van der Waals surface area contributed by atoms with Crippen LogP contribution in [0.1, 0.15) is 29.7 Å². The summed E-state index contributed by atoms with van der Waals surface area (Å²) in [6.45, 7) is 1.93. The monoisotopic (exact) mass is 408 g/mol. The van der Waals surface area contributed by atoms with Crippen molar-refractivity contribution in [1.29, 1.82) is 5.26 Å². The molecule has 3 heterocycles. The molecule has 1 N–H and O–H groups in total. The molecule has 9 heteroatoms. The first-order valence-corrected chi connectivity index (χ1v) is 9.00. The fourth-order valence-electron chi connectivity index (χ4n) is 3.15. The predicted molar refractivity (Wildman–Crippen MR) is 104 cm³/mol. The molecule has 0 amide bonds. The number of imidazole rings is 1. The third kappa shape index (κ3) is 3.55. The van der Waals surface area contributed by atoms with Gasteiger partial charge in [0.15, 0.2) is 0 Å². The van der Waals surface area contributed by atoms with Crippen LogP contribution in [0.15, 0.2) is 61.1 Å². The lowest BCUT2D eigenvalue weighted by Crippen LogP contribution is -2.10. The Balaban J connectivity index is 1.78. The number of anilines is 1. The van der Waals surface area contributed by atoms with E-state index in [0.29, 0.717) is 0 Å². The summed E-state index contributed by atoms with van der Waals surface area (Å²) in [7, 11) is 0. The molecule has 4 aromatic rings. The summed E-state index contributed by atoms with van der Waals surface area (Å²) >= 11 is 0. The third-order valence-corrected chi connectivity index (χ3v) is 4.64. The normalized spacial score (nSPS) is 12.5. The van der Waals surface area contributed by atoms with Gasteiger partial charge in [-0.1, -0.05) is 30.3 Å². The van der Waals surface area contributed by atoms with E-state index in [1.54, 1.807) is 0 Å². The molecule has 1 atom stereocenters. The van der Waals surface area contributed by atoms with E-state index in [1.807, 2.05) is 43.3 Å². The van der Waals surface area contributed by atoms with E-state index >= 15 is 0 Å². The van der Waals surface area contributed by atoms with Crippen LogP contribution < -0.4 is 5.32 Å². The summed E-state index contributed by atoms with van der Waals surface area (Å²) in [5, 5.41) is 12.6. The minimum absolute atomic E-state index is 0.119. The lowest BCUT2D eigenvalue weighted by atomic mass is 10.1. The van der Waals surface area contributed by atoms with E-state index in [-0.39, 0.29) is 34.6 Å². The first-order chi connectivity index (χ1) is 14.4. The van der Waals surface area contributed by atoms with Gasteiger partial charge in [-0.05, 0) is 24.6 Å². The van der Waals surface area contributed by atoms with Crippen LogP contribution in [0.25, 0.3) is 17.0 Å². The largest absolute Gasteiger partial charge is 0.419 e. The van der Waals surface area contributed by atoms with Gasteiger partial charge in [0.1, 0.15) is 17.4 Å². The fourth-order valence-corrected chi connectivity index (χ4v) is 3.15. The van der Waals surface area contributed by atoms with Gasteiger partial charge < -0.3 is 5.32 Å². The average Bonchev–Trinajstić information content (AvgIpc) is 3.17. The first-order valence-electron chi connectivity index (χ1n) is 9.00. The van der Waals surface area contributed by atoms with Crippen molar-refractivity contribution < 1.29 is 13.2 Å². The summed E-state index contributed by atoms with van der Waals surface area (Å²) in [4.78, 5) is 12.5. The van der Waals surface area contributed by atoms with Crippen molar-refractivity contribution in [2.75, 3.05) is 5.32 Å². The number of fused-ring (bicyclic) bond motifs is 1. The number of halogens is 3. The van der Waals surface area contributed by atoms with Gasteiger partial charge in [0, 0.05) is 6.20 Å². The Morgan fingerprint density at radius 1 is 1.07 bits per heavy atom. The Hall–Kier alpha value is -3.93. The van der Waals surface area contributed by atoms with Gasteiger partial charge in [0.25, 0.3) is 0 Å². The number of aromatic nitrogens is 4. The highest BCUT2D eigenvalue weighted by molar-refractivity contribution is 5.68. The first kappa shape index (κ1) is 19.4. The maximum atomic E-state index is 13.3. The highest BCUT2D eigenvalue weighted by atomic mass is 19.4. The Morgan fingerprint density at radius 2 is 1.83 bits per heavy atom. The van der Waals surface area contributed by atoms with E-state index in [4.69, 9.17) is 0 Å². The molecule has 0 saturated heterocycles. The summed E-state index contributed by atoms with van der Waals surface area (Å²) in [5.74, 6) is 0.252. The molecule has 0 bridgehead atoms. The molecule has 0 aliphatic carbocycles. The molecule has 0 radical (unpaired) electrons. The Kier molecular flexibility index (Phi) is 4.83. The highest BCUT2D eigenvalue weighted by Gasteiger charge is 2.34. The molecule has 30 heavy (non-hydrogen) atoms. The van der Waals surface area contributed by atoms with Crippen LogP contribution in [-0.2, 0) is 6.18 Å². The third-order valence-electron chi connectivity index (χ3n) is 4.64. The standard InChI is InChI=1S/C21H15F3N6/c1-13(14-6-3-2-4-7-14)28-20-27-11-15(10-25)18(29-20)17-12-26-19-16(21(22,23)24)8-5-9-30(17)19/h2-9,11-13H,1H3,(H,27,28,29)/t13-/m0/s1. The Bertz CT molecular complexity index is 1240. The van der Waals surface area contributed by atoms with Crippen molar-refractivity contribution in [1.82, 2.24) is 19.4 Å². The van der Waals surface area contributed by atoms with Crippen LogP contribution >= 0.6 is 0 Å². The SMILES string of the molecule is C[C@H](Nc1ncc(C#N)c(-c2cnc3c(C(F)(F)F)cccn23)n1)c1ccccc1. The molecule has 0 aliphatic heterocycles. The number of benzene rings is 1. The summed E-state index contributed by atoms with van der Waals surface area (Å²) in [5.41, 5.74) is 0.492. The van der Waals surface area contributed by atoms with Crippen molar-refractivity contribution in [2.24, 2.45) is 0 Å². The van der Waals surface area contributed by atoms with Crippen molar-refractivity contribution in [3.63, 3.8) is 0 Å². The van der Waals surface area contributed by atoms with Crippen LogP contribution in [0.2, 0.25) is 0 Å². The number of alkyl halides is 3. The van der Waals surface area contributed by atoms with Gasteiger partial charge in [0.05, 0.1) is 35.3 Å². The molecule has 0 aliphatic rings. The van der Waals surface area contributed by atoms with E-state index in [1.165, 1.54) is 29.1 Å². The zero-order valence-corrected chi connectivity index (χ0v) is 15.7. The molecule has 0 fully saturated rings. The van der Waals surface area contributed by atoms with Crippen molar-refractivity contribution in [3.8, 4) is 17.5 Å². The maximum Gasteiger partial charge on any atom is 0.419 e. The maximum absolute atomic E-state index is 13.3. The van der Waals surface area contributed by atoms with E-state index < -0.39 is 11.7 Å². The fraction of sp³-hybridized carbons (Fsp3) is 0.143. The highest BCUT2D eigenvalue weighted by Crippen LogP contribution is 2.34. The second-order valence-corrected chi connectivity index (χ2v) is 6.60. The van der Waals surface area contributed by atoms with Gasteiger partial charge in [-0.15, -0.1) is 0 Å². The number of nitrogens with zero attached hydrogens (tertiary/aromatic N) is 5. The quantitative estimate of drug-likeness (QED) is 0.522. The Morgan fingerprint density at radius 3 is 2.53 bits per heavy atom. The van der Waals surface area contributed by atoms with Gasteiger partial charge in [-0.25, -0.2) is 15.0 Å². The van der Waals surface area contributed by atoms with Crippen LogP contribution in [-0.4, -0.2) is 19.4 Å². The molecule has 6 nitrogen and oxygen atoms in total. The van der Waals surface area contributed by atoms with Gasteiger partial charge in [0.2, 0.25) is 5.95 Å². The van der Waals surface area contributed by atoms with Gasteiger partial charge in [-0.3, -0.25) is 4.40 Å². The molecule has 0 unspecified atom stereocenters. The van der Waals surface area contributed by atoms with Gasteiger partial charge >= 0.3 is 6.18 Å². The van der Waals surface area contributed by atoms with Crippen LogP contribution in [0, 0.1) is 11.3 Å². The number of nitrogens with one attached hydrogen (secondary N) is 1. The number of nitriles is 1. The lowest BCUT2D eigenvalue weighted by molar-refractivity contribution is -0.136. The van der Waals surface area contributed by atoms with E-state index in [0.717, 1.165) is 11.6 Å². The van der Waals surface area contributed by atoms with Gasteiger partial charge in [-0.2, -0.15) is 18.4 Å². The molecule has 4 rings (SSSR count). The van der Waals surface area contributed by atoms with Crippen molar-refractivity contribution >= 4 is 11.6 Å². The van der Waals surface area contributed by atoms with Crippen LogP contribution in [0.4, 0.5) is 19.1 Å². The lowest BCUT2D eigenvalue weighted by Gasteiger charge is -2.15. The molecule has 0 spiro atoms. The summed E-state index contributed by atoms with van der Waals surface area (Å²) in [6, 6.07) is 13.7. The molecule has 0 saturated carbocycles. The smallest absolute Gasteiger partial charge is 0.348 e. The van der Waals surface area contributed by atoms with Crippen molar-refractivity contribution in [2.45, 2.75) is 19.1 Å². The Labute approximate surface area is 169 Å². The predicted octanol–water partition coefficient (Wildman–Crippen LogP) is 4.85. The summed E-state index contributed by atoms with van der Waals surface area (Å²) < 4.78 is 41.2. The second-order valence-electron chi connectivity index (χ2n) is 6.60. The molecule has 150 valence electrons. The number of hydrogen-bond acceptors (Lipinski definition) is 5. The molecular weight excluding hydrogens is 393 g/mol. The zero-order chi connectivity index (χ0) is 21.3.